The van der Waals surface area contributed by atoms with E-state index in [1.165, 1.54) is 24.3 Å². The molecule has 32 heavy (non-hydrogen) atoms. The lowest BCUT2D eigenvalue weighted by molar-refractivity contribution is -0.384. The number of rotatable bonds is 7. The Labute approximate surface area is 182 Å². The van der Waals surface area contributed by atoms with Crippen molar-refractivity contribution in [3.05, 3.63) is 100 Å². The van der Waals surface area contributed by atoms with Crippen LogP contribution in [0.25, 0.3) is 11.0 Å². The molecule has 4 aromatic rings. The van der Waals surface area contributed by atoms with E-state index in [9.17, 15) is 24.8 Å². The van der Waals surface area contributed by atoms with Gasteiger partial charge in [-0.05, 0) is 29.8 Å². The second-order valence-corrected chi connectivity index (χ2v) is 7.14. The number of carboxylic acid groups (broad SMARTS) is 1. The first-order valence-corrected chi connectivity index (χ1v) is 9.71. The zero-order valence-electron chi connectivity index (χ0n) is 16.7. The van der Waals surface area contributed by atoms with Gasteiger partial charge in [0.2, 0.25) is 0 Å². The largest absolute Gasteiger partial charge is 0.481 e. The molecule has 0 aliphatic heterocycles. The predicted octanol–water partition coefficient (Wildman–Crippen LogP) is 4.26. The number of nitro groups is 1. The number of hydrogen-bond donors (Lipinski definition) is 2. The van der Waals surface area contributed by atoms with Crippen LogP contribution < -0.4 is 5.32 Å². The lowest BCUT2D eigenvalue weighted by Crippen LogP contribution is -2.14. The Kier molecular flexibility index (Phi) is 5.63. The van der Waals surface area contributed by atoms with Crippen molar-refractivity contribution >= 4 is 34.3 Å². The molecule has 1 atom stereocenters. The molecule has 0 radical (unpaired) electrons. The molecule has 1 heterocycles. The fraction of sp³-hybridized carbons (Fsp3) is 0.0870. The average Bonchev–Trinajstić information content (AvgIpc) is 3.21. The first-order chi connectivity index (χ1) is 15.4. The third-order valence-corrected chi connectivity index (χ3v) is 5.04. The maximum Gasteiger partial charge on any atom is 0.305 e. The van der Waals surface area contributed by atoms with E-state index in [0.717, 1.165) is 5.56 Å². The molecule has 0 saturated heterocycles. The number of imidazole rings is 1. The quantitative estimate of drug-likeness (QED) is 0.333. The monoisotopic (exact) mass is 430 g/mol. The minimum atomic E-state index is -0.929. The molecule has 9 heteroatoms. The van der Waals surface area contributed by atoms with Crippen molar-refractivity contribution in [3.8, 4) is 0 Å². The van der Waals surface area contributed by atoms with Crippen LogP contribution in [0.4, 0.5) is 11.4 Å². The van der Waals surface area contributed by atoms with Gasteiger partial charge in [-0.2, -0.15) is 0 Å². The second kappa shape index (κ2) is 8.68. The van der Waals surface area contributed by atoms with Crippen LogP contribution in [0, 0.1) is 10.1 Å². The van der Waals surface area contributed by atoms with E-state index >= 15 is 0 Å². The van der Waals surface area contributed by atoms with Crippen LogP contribution in [0.15, 0.2) is 79.1 Å². The Morgan fingerprint density at radius 3 is 2.56 bits per heavy atom. The number of nitro benzene ring substituents is 1. The van der Waals surface area contributed by atoms with Crippen LogP contribution in [0.2, 0.25) is 0 Å². The van der Waals surface area contributed by atoms with E-state index in [-0.39, 0.29) is 17.7 Å². The average molecular weight is 430 g/mol. The van der Waals surface area contributed by atoms with E-state index in [0.29, 0.717) is 16.7 Å². The number of nitrogens with one attached hydrogen (secondary N) is 1. The fourth-order valence-electron chi connectivity index (χ4n) is 3.54. The van der Waals surface area contributed by atoms with E-state index in [2.05, 4.69) is 10.3 Å². The van der Waals surface area contributed by atoms with Crippen molar-refractivity contribution in [2.45, 2.75) is 12.5 Å². The van der Waals surface area contributed by atoms with E-state index in [1.807, 2.05) is 30.3 Å². The van der Waals surface area contributed by atoms with Gasteiger partial charge in [0, 0.05) is 23.4 Å². The summed E-state index contributed by atoms with van der Waals surface area (Å²) in [5, 5.41) is 23.0. The minimum absolute atomic E-state index is 0.110. The third kappa shape index (κ3) is 4.31. The number of carbonyl (C=O) groups is 2. The third-order valence-electron chi connectivity index (χ3n) is 5.04. The molecule has 1 unspecified atom stereocenters. The van der Waals surface area contributed by atoms with Gasteiger partial charge in [0.1, 0.15) is 0 Å². The van der Waals surface area contributed by atoms with Gasteiger partial charge in [-0.3, -0.25) is 19.7 Å². The van der Waals surface area contributed by atoms with Gasteiger partial charge in [-0.1, -0.05) is 36.4 Å². The van der Waals surface area contributed by atoms with Crippen LogP contribution in [-0.4, -0.2) is 31.5 Å². The molecule has 3 aromatic carbocycles. The number of fused-ring (bicyclic) bond motifs is 1. The molecule has 0 aliphatic carbocycles. The summed E-state index contributed by atoms with van der Waals surface area (Å²) in [6.07, 6.45) is 1.47. The number of non-ortho nitro benzene ring substituents is 1. The van der Waals surface area contributed by atoms with Crippen molar-refractivity contribution in [2.75, 3.05) is 5.32 Å². The molecule has 4 rings (SSSR count). The van der Waals surface area contributed by atoms with Gasteiger partial charge in [-0.25, -0.2) is 4.98 Å². The summed E-state index contributed by atoms with van der Waals surface area (Å²) in [5.74, 6) is -1.41. The second-order valence-electron chi connectivity index (χ2n) is 7.14. The molecule has 1 amide bonds. The number of amides is 1. The topological polar surface area (TPSA) is 127 Å². The SMILES string of the molecule is O=C(O)CC(c1ccccc1)n1cnc2cc(NC(=O)c3cccc([N+](=O)[O-])c3)ccc21. The highest BCUT2D eigenvalue weighted by atomic mass is 16.6. The Balaban J connectivity index is 1.62. The zero-order valence-corrected chi connectivity index (χ0v) is 16.7. The van der Waals surface area contributed by atoms with Crippen molar-refractivity contribution in [3.63, 3.8) is 0 Å². The highest BCUT2D eigenvalue weighted by Gasteiger charge is 2.20. The molecule has 0 saturated carbocycles. The predicted molar refractivity (Wildman–Crippen MR) is 118 cm³/mol. The number of aliphatic carboxylic acids is 1. The molecule has 1 aromatic heterocycles. The molecular weight excluding hydrogens is 412 g/mol. The summed E-state index contributed by atoms with van der Waals surface area (Å²) in [6, 6.07) is 19.4. The summed E-state index contributed by atoms with van der Waals surface area (Å²) in [7, 11) is 0. The molecule has 160 valence electrons. The number of carboxylic acids is 1. The minimum Gasteiger partial charge on any atom is -0.481 e. The first-order valence-electron chi connectivity index (χ1n) is 9.71. The molecule has 9 nitrogen and oxygen atoms in total. The van der Waals surface area contributed by atoms with Crippen molar-refractivity contribution in [1.82, 2.24) is 9.55 Å². The van der Waals surface area contributed by atoms with Gasteiger partial charge in [0.05, 0.1) is 34.7 Å². The molecule has 0 fully saturated rings. The van der Waals surface area contributed by atoms with Crippen molar-refractivity contribution in [1.29, 1.82) is 0 Å². The summed E-state index contributed by atoms with van der Waals surface area (Å²) in [4.78, 5) is 38.7. The van der Waals surface area contributed by atoms with Crippen LogP contribution in [0.3, 0.4) is 0 Å². The van der Waals surface area contributed by atoms with Gasteiger partial charge < -0.3 is 15.0 Å². The van der Waals surface area contributed by atoms with Crippen molar-refractivity contribution < 1.29 is 19.6 Å². The van der Waals surface area contributed by atoms with Crippen LogP contribution in [0.1, 0.15) is 28.4 Å². The smallest absolute Gasteiger partial charge is 0.305 e. The van der Waals surface area contributed by atoms with Crippen LogP contribution >= 0.6 is 0 Å². The van der Waals surface area contributed by atoms with E-state index in [4.69, 9.17) is 0 Å². The number of nitrogens with zero attached hydrogens (tertiary/aromatic N) is 3. The summed E-state index contributed by atoms with van der Waals surface area (Å²) in [6.45, 7) is 0. The summed E-state index contributed by atoms with van der Waals surface area (Å²) >= 11 is 0. The zero-order chi connectivity index (χ0) is 22.7. The molecular formula is C23H18N4O5. The Morgan fingerprint density at radius 2 is 1.84 bits per heavy atom. The summed E-state index contributed by atoms with van der Waals surface area (Å²) < 4.78 is 1.80. The molecule has 0 aliphatic rings. The standard InChI is InChI=1S/C23H18N4O5/c28-22(29)13-21(15-5-2-1-3-6-15)26-14-24-19-12-17(9-10-20(19)26)25-23(30)16-7-4-8-18(11-16)27(31)32/h1-12,14,21H,13H2,(H,25,30)(H,28,29). The highest BCUT2D eigenvalue weighted by Crippen LogP contribution is 2.28. The number of carbonyl (C=O) groups excluding carboxylic acids is 1. The number of anilines is 1. The Bertz CT molecular complexity index is 1320. The molecule has 0 spiro atoms. The maximum absolute atomic E-state index is 12.5. The normalized spacial score (nSPS) is 11.8. The highest BCUT2D eigenvalue weighted by molar-refractivity contribution is 6.05. The van der Waals surface area contributed by atoms with E-state index in [1.54, 1.807) is 29.1 Å². The number of aromatic nitrogens is 2. The van der Waals surface area contributed by atoms with Crippen LogP contribution in [-0.2, 0) is 4.79 Å². The Morgan fingerprint density at radius 1 is 1.06 bits per heavy atom. The number of benzene rings is 3. The maximum atomic E-state index is 12.5. The van der Waals surface area contributed by atoms with Crippen molar-refractivity contribution in [2.24, 2.45) is 0 Å². The van der Waals surface area contributed by atoms with Gasteiger partial charge >= 0.3 is 5.97 Å². The lowest BCUT2D eigenvalue weighted by Gasteiger charge is -2.18. The fourth-order valence-corrected chi connectivity index (χ4v) is 3.54. The van der Waals surface area contributed by atoms with Gasteiger partial charge in [0.15, 0.2) is 0 Å². The molecule has 2 N–H and O–H groups in total. The Hall–Kier alpha value is -4.53. The number of hydrogen-bond acceptors (Lipinski definition) is 5. The molecule has 0 bridgehead atoms. The van der Waals surface area contributed by atoms with Gasteiger partial charge in [-0.15, -0.1) is 0 Å². The van der Waals surface area contributed by atoms with Gasteiger partial charge in [0.25, 0.3) is 11.6 Å². The summed E-state index contributed by atoms with van der Waals surface area (Å²) in [5.41, 5.74) is 2.60. The van der Waals surface area contributed by atoms with Crippen LogP contribution in [0.5, 0.6) is 0 Å². The lowest BCUT2D eigenvalue weighted by atomic mass is 10.0. The van der Waals surface area contributed by atoms with E-state index < -0.39 is 22.8 Å². The first kappa shape index (κ1) is 20.7.